The molecule has 28 valence electrons. The average Bonchev–Trinajstić information content (AvgIpc) is 2.12. The van der Waals surface area contributed by atoms with E-state index in [1.165, 1.54) is 12.8 Å². The van der Waals surface area contributed by atoms with Crippen molar-refractivity contribution >= 4 is 18.9 Å². The van der Waals surface area contributed by atoms with E-state index in [4.69, 9.17) is 6.42 Å². The topological polar surface area (TPSA) is 0 Å². The first-order valence-corrected chi connectivity index (χ1v) is 1.89. The fourth-order valence-corrected chi connectivity index (χ4v) is 0.250. The van der Waals surface area contributed by atoms with Gasteiger partial charge in [0.25, 0.3) is 0 Å². The van der Waals surface area contributed by atoms with E-state index in [1.54, 1.807) is 0 Å². The molecule has 1 rings (SSSR count). The molecule has 1 aliphatic carbocycles. The molecule has 0 aromatic carbocycles. The SMILES string of the molecule is C#CC1CC1.[LiH]. The van der Waals surface area contributed by atoms with E-state index in [-0.39, 0.29) is 18.9 Å². The second-order valence-electron chi connectivity index (χ2n) is 1.44. The van der Waals surface area contributed by atoms with Crippen LogP contribution in [0.4, 0.5) is 0 Å². The summed E-state index contributed by atoms with van der Waals surface area (Å²) in [6.45, 7) is 0. The zero-order valence-electron chi connectivity index (χ0n) is 3.07. The molecule has 0 aromatic rings. The van der Waals surface area contributed by atoms with Gasteiger partial charge in [-0.3, -0.25) is 0 Å². The zero-order chi connectivity index (χ0) is 3.70. The second kappa shape index (κ2) is 2.35. The summed E-state index contributed by atoms with van der Waals surface area (Å²) in [5, 5.41) is 0. The van der Waals surface area contributed by atoms with Crippen molar-refractivity contribution in [2.24, 2.45) is 5.92 Å². The van der Waals surface area contributed by atoms with Crippen LogP contribution in [0.25, 0.3) is 0 Å². The Morgan fingerprint density at radius 2 is 2.00 bits per heavy atom. The first-order valence-electron chi connectivity index (χ1n) is 1.89. The van der Waals surface area contributed by atoms with Crippen LogP contribution in [0.3, 0.4) is 0 Å². The molecular formula is C5H7Li. The third-order valence-electron chi connectivity index (χ3n) is 0.813. The maximum atomic E-state index is 4.98. The van der Waals surface area contributed by atoms with Crippen LogP contribution in [-0.4, -0.2) is 18.9 Å². The molecule has 0 heterocycles. The first kappa shape index (κ1) is 6.16. The van der Waals surface area contributed by atoms with Crippen LogP contribution in [0.1, 0.15) is 12.8 Å². The molecule has 1 heteroatoms. The number of terminal acetylenes is 1. The Hall–Kier alpha value is 0.157. The van der Waals surface area contributed by atoms with Crippen molar-refractivity contribution in [2.45, 2.75) is 12.8 Å². The number of hydrogen-bond donors (Lipinski definition) is 0. The molecule has 0 bridgehead atoms. The first-order chi connectivity index (χ1) is 2.43. The van der Waals surface area contributed by atoms with Crippen LogP contribution in [0, 0.1) is 18.3 Å². The van der Waals surface area contributed by atoms with Crippen molar-refractivity contribution < 1.29 is 0 Å². The van der Waals surface area contributed by atoms with Gasteiger partial charge in [-0.1, -0.05) is 0 Å². The van der Waals surface area contributed by atoms with Crippen molar-refractivity contribution in [3.63, 3.8) is 0 Å². The summed E-state index contributed by atoms with van der Waals surface area (Å²) in [5.41, 5.74) is 0. The van der Waals surface area contributed by atoms with Crippen LogP contribution in [0.2, 0.25) is 0 Å². The van der Waals surface area contributed by atoms with Gasteiger partial charge in [-0.25, -0.2) is 0 Å². The molecular weight excluding hydrogens is 67.0 g/mol. The molecule has 0 aromatic heterocycles. The van der Waals surface area contributed by atoms with Gasteiger partial charge in [0.1, 0.15) is 0 Å². The van der Waals surface area contributed by atoms with E-state index in [9.17, 15) is 0 Å². The number of hydrogen-bond acceptors (Lipinski definition) is 0. The Bertz CT molecular complexity index is 66.5. The summed E-state index contributed by atoms with van der Waals surface area (Å²) >= 11 is 0. The van der Waals surface area contributed by atoms with Gasteiger partial charge in [-0.2, -0.15) is 0 Å². The summed E-state index contributed by atoms with van der Waals surface area (Å²) in [6.07, 6.45) is 7.53. The second-order valence-corrected chi connectivity index (χ2v) is 1.44. The summed E-state index contributed by atoms with van der Waals surface area (Å²) in [6, 6.07) is 0. The summed E-state index contributed by atoms with van der Waals surface area (Å²) < 4.78 is 0. The molecule has 0 saturated heterocycles. The molecule has 0 nitrogen and oxygen atoms in total. The Balaban J connectivity index is 0.000000250. The summed E-state index contributed by atoms with van der Waals surface area (Å²) in [7, 11) is 0. The fraction of sp³-hybridized carbons (Fsp3) is 0.600. The monoisotopic (exact) mass is 74.1 g/mol. The van der Waals surface area contributed by atoms with E-state index in [0.717, 1.165) is 0 Å². The maximum absolute atomic E-state index is 4.98. The molecule has 6 heavy (non-hydrogen) atoms. The van der Waals surface area contributed by atoms with Gasteiger partial charge in [0.05, 0.1) is 0 Å². The van der Waals surface area contributed by atoms with Gasteiger partial charge in [0.2, 0.25) is 0 Å². The van der Waals surface area contributed by atoms with Gasteiger partial charge in [-0.15, -0.1) is 12.3 Å². The standard InChI is InChI=1S/C5H6.Li.H/c1-2-5-3-4-5;;/h1,5H,3-4H2;;. The molecule has 0 aliphatic heterocycles. The molecule has 1 fully saturated rings. The van der Waals surface area contributed by atoms with E-state index >= 15 is 0 Å². The molecule has 0 amide bonds. The van der Waals surface area contributed by atoms with Gasteiger partial charge >= 0.3 is 18.9 Å². The van der Waals surface area contributed by atoms with Crippen LogP contribution in [-0.2, 0) is 0 Å². The van der Waals surface area contributed by atoms with Crippen LogP contribution < -0.4 is 0 Å². The van der Waals surface area contributed by atoms with Gasteiger partial charge in [0, 0.05) is 5.92 Å². The van der Waals surface area contributed by atoms with Crippen molar-refractivity contribution in [3.05, 3.63) is 0 Å². The molecule has 1 aliphatic rings. The van der Waals surface area contributed by atoms with Crippen molar-refractivity contribution in [2.75, 3.05) is 0 Å². The Morgan fingerprint density at radius 1 is 1.50 bits per heavy atom. The summed E-state index contributed by atoms with van der Waals surface area (Å²) in [4.78, 5) is 0. The van der Waals surface area contributed by atoms with E-state index in [0.29, 0.717) is 5.92 Å². The van der Waals surface area contributed by atoms with Gasteiger partial charge < -0.3 is 0 Å². The van der Waals surface area contributed by atoms with Crippen molar-refractivity contribution in [3.8, 4) is 12.3 Å². The molecule has 0 radical (unpaired) electrons. The van der Waals surface area contributed by atoms with Crippen LogP contribution in [0.5, 0.6) is 0 Å². The minimum atomic E-state index is 0. The van der Waals surface area contributed by atoms with Gasteiger partial charge in [0.15, 0.2) is 0 Å². The van der Waals surface area contributed by atoms with E-state index < -0.39 is 0 Å². The minimum absolute atomic E-state index is 0. The van der Waals surface area contributed by atoms with Crippen LogP contribution in [0.15, 0.2) is 0 Å². The third-order valence-corrected chi connectivity index (χ3v) is 0.813. The predicted octanol–water partition coefficient (Wildman–Crippen LogP) is 0.381. The zero-order valence-corrected chi connectivity index (χ0v) is 3.07. The van der Waals surface area contributed by atoms with Crippen LogP contribution >= 0.6 is 0 Å². The normalized spacial score (nSPS) is 17.8. The van der Waals surface area contributed by atoms with E-state index in [1.807, 2.05) is 0 Å². The Kier molecular flexibility index (Phi) is 2.41. The quantitative estimate of drug-likeness (QED) is 0.288. The fourth-order valence-electron chi connectivity index (χ4n) is 0.250. The average molecular weight is 74.1 g/mol. The van der Waals surface area contributed by atoms with Crippen molar-refractivity contribution in [1.29, 1.82) is 0 Å². The van der Waals surface area contributed by atoms with E-state index in [2.05, 4.69) is 5.92 Å². The van der Waals surface area contributed by atoms with Crippen molar-refractivity contribution in [1.82, 2.24) is 0 Å². The predicted molar refractivity (Wildman–Crippen MR) is 28.7 cm³/mol. The Morgan fingerprint density at radius 3 is 2.00 bits per heavy atom. The molecule has 0 N–H and O–H groups in total. The molecule has 1 saturated carbocycles. The molecule has 0 atom stereocenters. The molecule has 0 spiro atoms. The number of rotatable bonds is 0. The third kappa shape index (κ3) is 1.56. The summed E-state index contributed by atoms with van der Waals surface area (Å²) in [5.74, 6) is 3.30. The molecule has 0 unspecified atom stereocenters. The van der Waals surface area contributed by atoms with Gasteiger partial charge in [-0.05, 0) is 12.8 Å². The Labute approximate surface area is 50.5 Å².